The molecule has 0 aliphatic rings. The molecular weight excluding hydrogens is 176 g/mol. The number of hydrogen-bond acceptors (Lipinski definition) is 3. The summed E-state index contributed by atoms with van der Waals surface area (Å²) in [5, 5.41) is 3.34. The Kier molecular flexibility index (Phi) is 5.19. The second kappa shape index (κ2) is 6.51. The summed E-state index contributed by atoms with van der Waals surface area (Å²) in [5.41, 5.74) is 1.08. The quantitative estimate of drug-likeness (QED) is 0.744. The van der Waals surface area contributed by atoms with Crippen LogP contribution >= 0.6 is 0 Å². The Balaban J connectivity index is 2.16. The molecule has 78 valence electrons. The molecule has 3 heteroatoms. The minimum absolute atomic E-state index is 0.545. The monoisotopic (exact) mass is 194 g/mol. The highest BCUT2D eigenvalue weighted by Crippen LogP contribution is 1.95. The van der Waals surface area contributed by atoms with Gasteiger partial charge in [0.1, 0.15) is 0 Å². The third-order valence-electron chi connectivity index (χ3n) is 1.98. The van der Waals surface area contributed by atoms with Crippen LogP contribution in [0.2, 0.25) is 0 Å². The number of pyridine rings is 1. The Bertz CT molecular complexity index is 238. The minimum Gasteiger partial charge on any atom is -0.384 e. The molecule has 1 heterocycles. The van der Waals surface area contributed by atoms with Gasteiger partial charge >= 0.3 is 0 Å². The van der Waals surface area contributed by atoms with Crippen molar-refractivity contribution >= 4 is 0 Å². The van der Waals surface area contributed by atoms with Gasteiger partial charge in [-0.3, -0.25) is 4.98 Å². The van der Waals surface area contributed by atoms with Crippen molar-refractivity contribution in [1.29, 1.82) is 0 Å². The highest BCUT2D eigenvalue weighted by Gasteiger charge is 2.00. The van der Waals surface area contributed by atoms with E-state index in [9.17, 15) is 0 Å². The lowest BCUT2D eigenvalue weighted by molar-refractivity contribution is 0.158. The van der Waals surface area contributed by atoms with E-state index in [4.69, 9.17) is 4.74 Å². The molecule has 1 aromatic heterocycles. The van der Waals surface area contributed by atoms with Crippen molar-refractivity contribution in [3.8, 4) is 0 Å². The Morgan fingerprint density at radius 2 is 2.36 bits per heavy atom. The van der Waals surface area contributed by atoms with Crippen LogP contribution in [0.15, 0.2) is 24.4 Å². The van der Waals surface area contributed by atoms with E-state index in [1.165, 1.54) is 0 Å². The smallest absolute Gasteiger partial charge is 0.0541 e. The molecule has 0 saturated heterocycles. The maximum atomic E-state index is 5.05. The molecule has 0 fully saturated rings. The van der Waals surface area contributed by atoms with Crippen molar-refractivity contribution in [2.24, 2.45) is 5.92 Å². The zero-order valence-electron chi connectivity index (χ0n) is 8.86. The first-order chi connectivity index (χ1) is 6.83. The molecule has 1 unspecified atom stereocenters. The van der Waals surface area contributed by atoms with Crippen molar-refractivity contribution < 1.29 is 4.74 Å². The Morgan fingerprint density at radius 3 is 3.00 bits per heavy atom. The summed E-state index contributed by atoms with van der Waals surface area (Å²) in [6.07, 6.45) is 1.82. The molecule has 0 amide bonds. The van der Waals surface area contributed by atoms with E-state index >= 15 is 0 Å². The van der Waals surface area contributed by atoms with Crippen molar-refractivity contribution in [3.05, 3.63) is 30.1 Å². The normalized spacial score (nSPS) is 12.7. The van der Waals surface area contributed by atoms with Gasteiger partial charge in [-0.05, 0) is 18.1 Å². The van der Waals surface area contributed by atoms with Gasteiger partial charge in [0.15, 0.2) is 0 Å². The van der Waals surface area contributed by atoms with E-state index in [0.717, 1.165) is 25.4 Å². The largest absolute Gasteiger partial charge is 0.384 e. The van der Waals surface area contributed by atoms with Gasteiger partial charge in [0.25, 0.3) is 0 Å². The van der Waals surface area contributed by atoms with Crippen LogP contribution in [0.1, 0.15) is 12.6 Å². The van der Waals surface area contributed by atoms with Crippen molar-refractivity contribution in [2.75, 3.05) is 20.3 Å². The molecular formula is C11H18N2O. The van der Waals surface area contributed by atoms with Crippen molar-refractivity contribution in [1.82, 2.24) is 10.3 Å². The molecule has 0 radical (unpaired) electrons. The lowest BCUT2D eigenvalue weighted by Gasteiger charge is -2.10. The van der Waals surface area contributed by atoms with Gasteiger partial charge in [0, 0.05) is 33.0 Å². The van der Waals surface area contributed by atoms with Crippen LogP contribution in [0, 0.1) is 5.92 Å². The second-order valence-corrected chi connectivity index (χ2v) is 3.51. The fourth-order valence-electron chi connectivity index (χ4n) is 1.29. The molecule has 3 nitrogen and oxygen atoms in total. The summed E-state index contributed by atoms with van der Waals surface area (Å²) in [4.78, 5) is 4.23. The molecule has 1 atom stereocenters. The SMILES string of the molecule is COCC(C)CNCc1ccccn1. The van der Waals surface area contributed by atoms with E-state index in [1.54, 1.807) is 7.11 Å². The van der Waals surface area contributed by atoms with Crippen molar-refractivity contribution in [3.63, 3.8) is 0 Å². The second-order valence-electron chi connectivity index (χ2n) is 3.51. The van der Waals surface area contributed by atoms with Crippen LogP contribution in [0.3, 0.4) is 0 Å². The van der Waals surface area contributed by atoms with Crippen LogP contribution in [0.4, 0.5) is 0 Å². The Labute approximate surface area is 85.5 Å². The van der Waals surface area contributed by atoms with E-state index in [0.29, 0.717) is 5.92 Å². The van der Waals surface area contributed by atoms with Crippen molar-refractivity contribution in [2.45, 2.75) is 13.5 Å². The summed E-state index contributed by atoms with van der Waals surface area (Å²) in [6, 6.07) is 5.95. The van der Waals surface area contributed by atoms with Crippen LogP contribution in [0.5, 0.6) is 0 Å². The maximum absolute atomic E-state index is 5.05. The zero-order valence-corrected chi connectivity index (χ0v) is 8.86. The number of hydrogen-bond donors (Lipinski definition) is 1. The molecule has 0 saturated carbocycles. The standard InChI is InChI=1S/C11H18N2O/c1-10(9-14-2)7-12-8-11-5-3-4-6-13-11/h3-6,10,12H,7-9H2,1-2H3. The topological polar surface area (TPSA) is 34.1 Å². The summed E-state index contributed by atoms with van der Waals surface area (Å²) in [5.74, 6) is 0.545. The number of aromatic nitrogens is 1. The third kappa shape index (κ3) is 4.35. The molecule has 0 aliphatic heterocycles. The first-order valence-electron chi connectivity index (χ1n) is 4.92. The molecule has 0 bridgehead atoms. The summed E-state index contributed by atoms with van der Waals surface area (Å²) < 4.78 is 5.05. The summed E-state index contributed by atoms with van der Waals surface area (Å²) in [7, 11) is 1.73. The molecule has 1 aromatic rings. The zero-order chi connectivity index (χ0) is 10.2. The number of rotatable bonds is 6. The average molecular weight is 194 g/mol. The van der Waals surface area contributed by atoms with Crippen LogP contribution in [-0.4, -0.2) is 25.2 Å². The Morgan fingerprint density at radius 1 is 1.50 bits per heavy atom. The lowest BCUT2D eigenvalue weighted by Crippen LogP contribution is -2.23. The van der Waals surface area contributed by atoms with E-state index in [-0.39, 0.29) is 0 Å². The summed E-state index contributed by atoms with van der Waals surface area (Å²) >= 11 is 0. The summed E-state index contributed by atoms with van der Waals surface area (Å²) in [6.45, 7) is 4.75. The van der Waals surface area contributed by atoms with Gasteiger partial charge < -0.3 is 10.1 Å². The van der Waals surface area contributed by atoms with E-state index < -0.39 is 0 Å². The number of methoxy groups -OCH3 is 1. The van der Waals surface area contributed by atoms with Gasteiger partial charge in [-0.15, -0.1) is 0 Å². The average Bonchev–Trinajstić information content (AvgIpc) is 2.20. The van der Waals surface area contributed by atoms with Crippen LogP contribution < -0.4 is 5.32 Å². The number of nitrogens with one attached hydrogen (secondary N) is 1. The fourth-order valence-corrected chi connectivity index (χ4v) is 1.29. The number of nitrogens with zero attached hydrogens (tertiary/aromatic N) is 1. The van der Waals surface area contributed by atoms with Gasteiger partial charge in [0.2, 0.25) is 0 Å². The molecule has 1 rings (SSSR count). The highest BCUT2D eigenvalue weighted by atomic mass is 16.5. The maximum Gasteiger partial charge on any atom is 0.0541 e. The predicted molar refractivity (Wildman–Crippen MR) is 57.0 cm³/mol. The highest BCUT2D eigenvalue weighted by molar-refractivity contribution is 5.02. The third-order valence-corrected chi connectivity index (χ3v) is 1.98. The first-order valence-corrected chi connectivity index (χ1v) is 4.92. The van der Waals surface area contributed by atoms with Crippen LogP contribution in [0.25, 0.3) is 0 Å². The Hall–Kier alpha value is -0.930. The van der Waals surface area contributed by atoms with E-state index in [2.05, 4.69) is 17.2 Å². The fraction of sp³-hybridized carbons (Fsp3) is 0.545. The van der Waals surface area contributed by atoms with Gasteiger partial charge in [-0.25, -0.2) is 0 Å². The predicted octanol–water partition coefficient (Wildman–Crippen LogP) is 1.45. The minimum atomic E-state index is 0.545. The number of ether oxygens (including phenoxy) is 1. The molecule has 1 N–H and O–H groups in total. The molecule has 0 spiro atoms. The van der Waals surface area contributed by atoms with E-state index in [1.807, 2.05) is 24.4 Å². The van der Waals surface area contributed by atoms with Gasteiger partial charge in [-0.1, -0.05) is 13.0 Å². The molecule has 0 aromatic carbocycles. The van der Waals surface area contributed by atoms with Gasteiger partial charge in [0.05, 0.1) is 5.69 Å². The molecule has 0 aliphatic carbocycles. The van der Waals surface area contributed by atoms with Gasteiger partial charge in [-0.2, -0.15) is 0 Å². The van der Waals surface area contributed by atoms with Crippen LogP contribution in [-0.2, 0) is 11.3 Å². The molecule has 14 heavy (non-hydrogen) atoms. The lowest BCUT2D eigenvalue weighted by atomic mass is 10.2. The first kappa shape index (κ1) is 11.1.